The molecule has 0 aliphatic rings. The number of rotatable bonds is 0. The van der Waals surface area contributed by atoms with Crippen LogP contribution in [0.25, 0.3) is 38.1 Å². The second-order valence-corrected chi connectivity index (χ2v) is 6.13. The zero-order valence-electron chi connectivity index (χ0n) is 10.6. The molecule has 0 unspecified atom stereocenters. The van der Waals surface area contributed by atoms with Gasteiger partial charge in [-0.2, -0.15) is 0 Å². The molecule has 5 aromatic rings. The molecule has 0 atom stereocenters. The molecule has 20 heavy (non-hydrogen) atoms. The first-order valence-electron chi connectivity index (χ1n) is 6.67. The number of hydrogen-bond acceptors (Lipinski definition) is 0. The Hall–Kier alpha value is -2.06. The van der Waals surface area contributed by atoms with Crippen molar-refractivity contribution in [3.05, 3.63) is 65.1 Å². The fraction of sp³-hybridized carbons (Fsp3) is 0. The Kier molecular flexibility index (Phi) is 1.89. The van der Waals surface area contributed by atoms with E-state index >= 15 is 0 Å². The fourth-order valence-corrected chi connectivity index (χ4v) is 3.75. The molecule has 0 saturated heterocycles. The number of aromatic nitrogens is 1. The maximum atomic E-state index is 3.60. The molecule has 0 amide bonds. The molecule has 2 heteroatoms. The largest absolute Gasteiger partial charge is 0.308 e. The number of halogens is 1. The average molecular weight is 320 g/mol. The molecule has 0 aliphatic heterocycles. The summed E-state index contributed by atoms with van der Waals surface area (Å²) in [5.41, 5.74) is 3.89. The minimum atomic E-state index is 1.12. The van der Waals surface area contributed by atoms with Crippen molar-refractivity contribution in [2.75, 3.05) is 0 Å². The second-order valence-electron chi connectivity index (χ2n) is 5.22. The molecule has 0 aliphatic carbocycles. The first kappa shape index (κ1) is 10.7. The molecule has 0 bridgehead atoms. The van der Waals surface area contributed by atoms with Gasteiger partial charge in [0.15, 0.2) is 0 Å². The van der Waals surface area contributed by atoms with E-state index in [2.05, 4.69) is 81.0 Å². The fourth-order valence-electron chi connectivity index (χ4n) is 3.40. The molecular weight excluding hydrogens is 310 g/mol. The summed E-state index contributed by atoms with van der Waals surface area (Å²) in [6.45, 7) is 0. The smallest absolute Gasteiger partial charge is 0.0620 e. The summed E-state index contributed by atoms with van der Waals surface area (Å²) in [7, 11) is 0. The van der Waals surface area contributed by atoms with Crippen LogP contribution in [-0.4, -0.2) is 4.40 Å². The minimum absolute atomic E-state index is 1.12. The third kappa shape index (κ3) is 1.14. The van der Waals surface area contributed by atoms with Crippen molar-refractivity contribution >= 4 is 54.0 Å². The first-order chi connectivity index (χ1) is 9.84. The van der Waals surface area contributed by atoms with Gasteiger partial charge in [-0.25, -0.2) is 0 Å². The van der Waals surface area contributed by atoms with Crippen LogP contribution in [0.4, 0.5) is 0 Å². The van der Waals surface area contributed by atoms with Gasteiger partial charge in [0.25, 0.3) is 0 Å². The SMILES string of the molecule is Brc1ccc2c3cccc4c5ccccc5n(c2c1)c43. The van der Waals surface area contributed by atoms with Gasteiger partial charge in [0.2, 0.25) is 0 Å². The highest BCUT2D eigenvalue weighted by Gasteiger charge is 2.16. The Bertz CT molecular complexity index is 1100. The van der Waals surface area contributed by atoms with Gasteiger partial charge in [-0.15, -0.1) is 0 Å². The molecule has 0 radical (unpaired) electrons. The summed E-state index contributed by atoms with van der Waals surface area (Å²) in [4.78, 5) is 0. The van der Waals surface area contributed by atoms with Crippen LogP contribution in [0.2, 0.25) is 0 Å². The van der Waals surface area contributed by atoms with E-state index in [4.69, 9.17) is 0 Å². The van der Waals surface area contributed by atoms with Crippen molar-refractivity contribution < 1.29 is 0 Å². The van der Waals surface area contributed by atoms with Crippen LogP contribution in [0.1, 0.15) is 0 Å². The summed E-state index contributed by atoms with van der Waals surface area (Å²) in [5, 5.41) is 5.32. The molecule has 3 aromatic carbocycles. The van der Waals surface area contributed by atoms with E-state index in [1.807, 2.05) is 0 Å². The maximum Gasteiger partial charge on any atom is 0.0620 e. The van der Waals surface area contributed by atoms with E-state index in [0.29, 0.717) is 0 Å². The van der Waals surface area contributed by atoms with E-state index in [1.165, 1.54) is 38.1 Å². The predicted molar refractivity (Wildman–Crippen MR) is 88.8 cm³/mol. The molecule has 2 aromatic heterocycles. The average Bonchev–Trinajstić information content (AvgIpc) is 2.98. The van der Waals surface area contributed by atoms with Gasteiger partial charge in [0, 0.05) is 26.0 Å². The Morgan fingerprint density at radius 3 is 2.20 bits per heavy atom. The highest BCUT2D eigenvalue weighted by Crippen LogP contribution is 2.39. The summed E-state index contributed by atoms with van der Waals surface area (Å²) < 4.78 is 3.51. The highest BCUT2D eigenvalue weighted by molar-refractivity contribution is 9.10. The highest BCUT2D eigenvalue weighted by atomic mass is 79.9. The standard InChI is InChI=1S/C18H10BrN/c19-11-8-9-13-15-6-3-5-14-12-4-1-2-7-16(12)20(18(14)15)17(13)10-11/h1-10H. The van der Waals surface area contributed by atoms with Gasteiger partial charge < -0.3 is 4.40 Å². The maximum absolute atomic E-state index is 3.60. The molecule has 0 spiro atoms. The van der Waals surface area contributed by atoms with Crippen LogP contribution in [-0.2, 0) is 0 Å². The van der Waals surface area contributed by atoms with Crippen molar-refractivity contribution in [3.63, 3.8) is 0 Å². The number of fused-ring (bicyclic) bond motifs is 6. The lowest BCUT2D eigenvalue weighted by molar-refractivity contribution is 1.37. The van der Waals surface area contributed by atoms with Gasteiger partial charge in [0.05, 0.1) is 16.6 Å². The second kappa shape index (κ2) is 3.53. The van der Waals surface area contributed by atoms with E-state index in [1.54, 1.807) is 0 Å². The molecule has 2 heterocycles. The van der Waals surface area contributed by atoms with Gasteiger partial charge >= 0.3 is 0 Å². The molecule has 5 rings (SSSR count). The van der Waals surface area contributed by atoms with Gasteiger partial charge in [-0.3, -0.25) is 0 Å². The van der Waals surface area contributed by atoms with Crippen LogP contribution in [0.15, 0.2) is 65.1 Å². The van der Waals surface area contributed by atoms with Crippen LogP contribution < -0.4 is 0 Å². The molecular formula is C18H10BrN. The van der Waals surface area contributed by atoms with E-state index in [0.717, 1.165) is 4.47 Å². The summed E-state index contributed by atoms with van der Waals surface area (Å²) in [6, 6.07) is 21.8. The number of para-hydroxylation sites is 2. The number of benzene rings is 3. The van der Waals surface area contributed by atoms with Gasteiger partial charge in [-0.1, -0.05) is 58.4 Å². The van der Waals surface area contributed by atoms with Gasteiger partial charge in [-0.05, 0) is 18.2 Å². The van der Waals surface area contributed by atoms with Gasteiger partial charge in [0.1, 0.15) is 0 Å². The summed E-state index contributed by atoms with van der Waals surface area (Å²) in [6.07, 6.45) is 0. The Morgan fingerprint density at radius 2 is 1.35 bits per heavy atom. The van der Waals surface area contributed by atoms with Crippen LogP contribution >= 0.6 is 15.9 Å². The Balaban J connectivity index is 2.28. The zero-order valence-corrected chi connectivity index (χ0v) is 12.2. The van der Waals surface area contributed by atoms with Crippen molar-refractivity contribution in [3.8, 4) is 0 Å². The topological polar surface area (TPSA) is 4.41 Å². The summed E-state index contributed by atoms with van der Waals surface area (Å²) >= 11 is 3.60. The molecule has 0 N–H and O–H groups in total. The number of nitrogens with zero attached hydrogens (tertiary/aromatic N) is 1. The normalized spacial score (nSPS) is 12.2. The van der Waals surface area contributed by atoms with Crippen molar-refractivity contribution in [2.45, 2.75) is 0 Å². The third-order valence-corrected chi connectivity index (χ3v) is 4.68. The molecule has 94 valence electrons. The molecule has 0 fully saturated rings. The van der Waals surface area contributed by atoms with E-state index in [9.17, 15) is 0 Å². The molecule has 1 nitrogen and oxygen atoms in total. The quantitative estimate of drug-likeness (QED) is 0.350. The van der Waals surface area contributed by atoms with Crippen molar-refractivity contribution in [2.24, 2.45) is 0 Å². The van der Waals surface area contributed by atoms with Crippen LogP contribution in [0, 0.1) is 0 Å². The lowest BCUT2D eigenvalue weighted by atomic mass is 10.1. The van der Waals surface area contributed by atoms with Crippen molar-refractivity contribution in [1.29, 1.82) is 0 Å². The summed E-state index contributed by atoms with van der Waals surface area (Å²) in [5.74, 6) is 0. The van der Waals surface area contributed by atoms with E-state index < -0.39 is 0 Å². The van der Waals surface area contributed by atoms with Crippen LogP contribution in [0.5, 0.6) is 0 Å². The Labute approximate surface area is 123 Å². The third-order valence-electron chi connectivity index (χ3n) is 4.19. The first-order valence-corrected chi connectivity index (χ1v) is 7.46. The number of hydrogen-bond donors (Lipinski definition) is 0. The minimum Gasteiger partial charge on any atom is -0.308 e. The van der Waals surface area contributed by atoms with Crippen LogP contribution in [0.3, 0.4) is 0 Å². The monoisotopic (exact) mass is 319 g/mol. The zero-order chi connectivity index (χ0) is 13.3. The predicted octanol–water partition coefficient (Wildman–Crippen LogP) is 5.60. The van der Waals surface area contributed by atoms with Crippen molar-refractivity contribution in [1.82, 2.24) is 4.40 Å². The molecule has 0 saturated carbocycles. The Morgan fingerprint density at radius 1 is 0.650 bits per heavy atom. The lowest BCUT2D eigenvalue weighted by Gasteiger charge is -1.97. The lowest BCUT2D eigenvalue weighted by Crippen LogP contribution is -1.79. The van der Waals surface area contributed by atoms with E-state index in [-0.39, 0.29) is 0 Å².